The van der Waals surface area contributed by atoms with Crippen molar-refractivity contribution >= 4 is 11.9 Å². The summed E-state index contributed by atoms with van der Waals surface area (Å²) in [5, 5.41) is 9.63. The van der Waals surface area contributed by atoms with Gasteiger partial charge in [0, 0.05) is 12.8 Å². The molecule has 0 aliphatic carbocycles. The van der Waals surface area contributed by atoms with Gasteiger partial charge in [0.2, 0.25) is 0 Å². The van der Waals surface area contributed by atoms with Crippen LogP contribution >= 0.6 is 0 Å². The molecule has 59 heavy (non-hydrogen) atoms. The van der Waals surface area contributed by atoms with Crippen LogP contribution in [-0.2, 0) is 19.1 Å². The fraction of sp³-hybridized carbons (Fsp3) is 0.815. The fourth-order valence-corrected chi connectivity index (χ4v) is 7.55. The summed E-state index contributed by atoms with van der Waals surface area (Å²) in [5.74, 6) is -0.581. The van der Waals surface area contributed by atoms with Crippen molar-refractivity contribution in [3.63, 3.8) is 0 Å². The number of hydrogen-bond donors (Lipinski definition) is 1. The third-order valence-corrected chi connectivity index (χ3v) is 11.4. The first-order valence-corrected chi connectivity index (χ1v) is 25.7. The van der Waals surface area contributed by atoms with E-state index in [0.29, 0.717) is 12.8 Å². The molecular weight excluding hydrogens is 729 g/mol. The highest BCUT2D eigenvalue weighted by Crippen LogP contribution is 2.16. The lowest BCUT2D eigenvalue weighted by atomic mass is 10.0. The zero-order valence-corrected chi connectivity index (χ0v) is 39.3. The maximum Gasteiger partial charge on any atom is 0.306 e. The molecule has 0 aliphatic heterocycles. The third kappa shape index (κ3) is 48.4. The predicted octanol–water partition coefficient (Wildman–Crippen LogP) is 16.9. The summed E-state index contributed by atoms with van der Waals surface area (Å²) >= 11 is 0. The molecule has 344 valence electrons. The van der Waals surface area contributed by atoms with Gasteiger partial charge in [-0.3, -0.25) is 9.59 Å². The summed E-state index contributed by atoms with van der Waals surface area (Å²) in [6.07, 6.45) is 64.9. The van der Waals surface area contributed by atoms with E-state index in [9.17, 15) is 14.7 Å². The Kier molecular flexibility index (Phi) is 48.4. The second-order valence-corrected chi connectivity index (χ2v) is 17.2. The molecule has 0 aromatic carbocycles. The van der Waals surface area contributed by atoms with Crippen molar-refractivity contribution in [1.29, 1.82) is 0 Å². The number of allylic oxidation sites excluding steroid dienone is 8. The predicted molar refractivity (Wildman–Crippen MR) is 256 cm³/mol. The Balaban J connectivity index is 3.48. The number of unbranched alkanes of at least 4 members (excludes halogenated alkanes) is 31. The number of ether oxygens (including phenoxy) is 2. The molecule has 1 atom stereocenters. The summed E-state index contributed by atoms with van der Waals surface area (Å²) in [4.78, 5) is 24.5. The third-order valence-electron chi connectivity index (χ3n) is 11.4. The summed E-state index contributed by atoms with van der Waals surface area (Å²) < 4.78 is 10.7. The minimum absolute atomic E-state index is 0.0632. The van der Waals surface area contributed by atoms with Gasteiger partial charge in [-0.25, -0.2) is 0 Å². The van der Waals surface area contributed by atoms with Crippen molar-refractivity contribution in [2.45, 2.75) is 270 Å². The molecule has 0 radical (unpaired) electrons. The number of aliphatic hydroxyl groups is 1. The Hall–Kier alpha value is -2.14. The lowest BCUT2D eigenvalue weighted by Gasteiger charge is -2.15. The van der Waals surface area contributed by atoms with Crippen LogP contribution in [0, 0.1) is 0 Å². The highest BCUT2D eigenvalue weighted by Gasteiger charge is 2.16. The average Bonchev–Trinajstić information content (AvgIpc) is 3.24. The van der Waals surface area contributed by atoms with E-state index in [0.717, 1.165) is 64.2 Å². The van der Waals surface area contributed by atoms with Crippen LogP contribution in [0.15, 0.2) is 48.6 Å². The van der Waals surface area contributed by atoms with Gasteiger partial charge in [-0.1, -0.05) is 249 Å². The van der Waals surface area contributed by atoms with E-state index < -0.39 is 6.10 Å². The molecule has 0 aromatic heterocycles. The van der Waals surface area contributed by atoms with Crippen molar-refractivity contribution in [3.8, 4) is 0 Å². The number of carbonyl (C=O) groups excluding carboxylic acids is 2. The van der Waals surface area contributed by atoms with E-state index in [-0.39, 0.29) is 25.2 Å². The first-order valence-electron chi connectivity index (χ1n) is 25.7. The molecule has 5 nitrogen and oxygen atoms in total. The lowest BCUT2D eigenvalue weighted by molar-refractivity contribution is -0.161. The molecule has 0 rings (SSSR count). The van der Waals surface area contributed by atoms with E-state index in [1.54, 1.807) is 0 Å². The highest BCUT2D eigenvalue weighted by molar-refractivity contribution is 5.70. The molecule has 1 unspecified atom stereocenters. The van der Waals surface area contributed by atoms with E-state index in [1.807, 2.05) is 0 Å². The summed E-state index contributed by atoms with van der Waals surface area (Å²) in [7, 11) is 0. The topological polar surface area (TPSA) is 72.8 Å². The maximum atomic E-state index is 12.3. The highest BCUT2D eigenvalue weighted by atomic mass is 16.6. The van der Waals surface area contributed by atoms with Gasteiger partial charge in [0.15, 0.2) is 6.10 Å². The van der Waals surface area contributed by atoms with Crippen LogP contribution in [0.5, 0.6) is 0 Å². The second kappa shape index (κ2) is 50.2. The van der Waals surface area contributed by atoms with Crippen LogP contribution in [0.3, 0.4) is 0 Å². The van der Waals surface area contributed by atoms with Gasteiger partial charge in [0.05, 0.1) is 6.61 Å². The first kappa shape index (κ1) is 56.9. The molecule has 0 amide bonds. The number of esters is 2. The first-order chi connectivity index (χ1) is 29.1. The van der Waals surface area contributed by atoms with Crippen molar-refractivity contribution in [2.75, 3.05) is 13.2 Å². The van der Waals surface area contributed by atoms with Crippen molar-refractivity contribution in [3.05, 3.63) is 48.6 Å². The van der Waals surface area contributed by atoms with Crippen molar-refractivity contribution < 1.29 is 24.2 Å². The van der Waals surface area contributed by atoms with Crippen molar-refractivity contribution in [2.24, 2.45) is 0 Å². The van der Waals surface area contributed by atoms with E-state index >= 15 is 0 Å². The van der Waals surface area contributed by atoms with Crippen LogP contribution in [0.4, 0.5) is 0 Å². The summed E-state index contributed by atoms with van der Waals surface area (Å²) in [6.45, 7) is 4.06. The van der Waals surface area contributed by atoms with Crippen molar-refractivity contribution in [1.82, 2.24) is 0 Å². The Bertz CT molecular complexity index is 981. The summed E-state index contributed by atoms with van der Waals surface area (Å²) in [5.41, 5.74) is 0. The van der Waals surface area contributed by atoms with Crippen LogP contribution in [0.25, 0.3) is 0 Å². The van der Waals surface area contributed by atoms with Gasteiger partial charge in [-0.05, 0) is 51.4 Å². The Morgan fingerprint density at radius 3 is 1.10 bits per heavy atom. The SMILES string of the molecule is CC/C=C\C/C=C\C/C=C\C/C=C\CCCCCCCCCCCCCCC(=O)OC(CO)COC(=O)CCCCCCCCCCCCCCCCCCCCCC. The number of hydrogen-bond acceptors (Lipinski definition) is 5. The smallest absolute Gasteiger partial charge is 0.306 e. The largest absolute Gasteiger partial charge is 0.462 e. The average molecular weight is 827 g/mol. The Morgan fingerprint density at radius 2 is 0.729 bits per heavy atom. The maximum absolute atomic E-state index is 12.3. The molecule has 0 bridgehead atoms. The molecule has 0 aromatic rings. The van der Waals surface area contributed by atoms with E-state index in [2.05, 4.69) is 62.5 Å². The molecule has 0 saturated heterocycles. The molecule has 0 saturated carbocycles. The molecule has 0 fully saturated rings. The minimum atomic E-state index is -0.771. The normalized spacial score (nSPS) is 12.5. The standard InChI is InChI=1S/C54H98O5/c1-3-5-7-9-11-13-15-17-19-21-23-25-26-27-28-29-31-33-35-37-39-41-43-45-47-49-54(57)59-52(50-55)51-58-53(56)48-46-44-42-40-38-36-34-32-30-24-22-20-18-16-14-12-10-8-6-4-2/h5,7,11,13,17,19,23,25,52,55H,3-4,6,8-10,12,14-16,18,20-22,24,26-51H2,1-2H3/b7-5-,13-11-,19-17-,25-23-. The summed E-state index contributed by atoms with van der Waals surface area (Å²) in [6, 6.07) is 0. The molecule has 0 aliphatic rings. The van der Waals surface area contributed by atoms with Crippen LogP contribution < -0.4 is 0 Å². The quantitative estimate of drug-likeness (QED) is 0.0376. The number of carbonyl (C=O) groups is 2. The molecular formula is C54H98O5. The van der Waals surface area contributed by atoms with E-state index in [4.69, 9.17) is 9.47 Å². The van der Waals surface area contributed by atoms with Gasteiger partial charge in [-0.2, -0.15) is 0 Å². The molecule has 1 N–H and O–H groups in total. The van der Waals surface area contributed by atoms with E-state index in [1.165, 1.54) is 173 Å². The van der Waals surface area contributed by atoms with Gasteiger partial charge in [-0.15, -0.1) is 0 Å². The Morgan fingerprint density at radius 1 is 0.407 bits per heavy atom. The van der Waals surface area contributed by atoms with Gasteiger partial charge in [0.25, 0.3) is 0 Å². The fourth-order valence-electron chi connectivity index (χ4n) is 7.55. The lowest BCUT2D eigenvalue weighted by Crippen LogP contribution is -2.28. The molecule has 5 heteroatoms. The zero-order valence-electron chi connectivity index (χ0n) is 39.3. The zero-order chi connectivity index (χ0) is 42.8. The van der Waals surface area contributed by atoms with Gasteiger partial charge in [0.1, 0.15) is 6.61 Å². The van der Waals surface area contributed by atoms with Crippen LogP contribution in [-0.4, -0.2) is 36.4 Å². The van der Waals surface area contributed by atoms with Crippen LogP contribution in [0.2, 0.25) is 0 Å². The van der Waals surface area contributed by atoms with Crippen LogP contribution in [0.1, 0.15) is 264 Å². The monoisotopic (exact) mass is 827 g/mol. The molecule has 0 spiro atoms. The minimum Gasteiger partial charge on any atom is -0.462 e. The Labute approximate surface area is 367 Å². The van der Waals surface area contributed by atoms with Gasteiger partial charge >= 0.3 is 11.9 Å². The van der Waals surface area contributed by atoms with Gasteiger partial charge < -0.3 is 14.6 Å². The molecule has 0 heterocycles. The second-order valence-electron chi connectivity index (χ2n) is 17.2. The number of rotatable bonds is 47. The number of aliphatic hydroxyl groups excluding tert-OH is 1.